The van der Waals surface area contributed by atoms with Crippen LogP contribution < -0.4 is 72.0 Å². The van der Waals surface area contributed by atoms with Gasteiger partial charge in [-0.25, -0.2) is 29.7 Å². The van der Waals surface area contributed by atoms with Gasteiger partial charge in [-0.15, -0.1) is 22.7 Å². The van der Waals surface area contributed by atoms with Crippen LogP contribution in [0.5, 0.6) is 0 Å². The second-order valence-corrected chi connectivity index (χ2v) is 26.4. The van der Waals surface area contributed by atoms with Gasteiger partial charge in [0.25, 0.3) is 11.8 Å². The number of thiazole rings is 2. The van der Waals surface area contributed by atoms with Crippen molar-refractivity contribution in [3.05, 3.63) is 56.8 Å². The summed E-state index contributed by atoms with van der Waals surface area (Å²) >= 11 is 1.88. The molecule has 0 spiro atoms. The number of hydrogen-bond acceptors (Lipinski definition) is 38. The molecule has 0 aliphatic carbocycles. The summed E-state index contributed by atoms with van der Waals surface area (Å²) in [5.74, 6) is -8.33. The summed E-state index contributed by atoms with van der Waals surface area (Å²) in [6.45, 7) is 3.08. The molecule has 3 fully saturated rings. The second kappa shape index (κ2) is 38.0. The van der Waals surface area contributed by atoms with Crippen molar-refractivity contribution in [1.82, 2.24) is 61.8 Å². The Morgan fingerprint density at radius 2 is 1.42 bits per heavy atom. The van der Waals surface area contributed by atoms with Crippen LogP contribution in [0.1, 0.15) is 101 Å². The zero-order chi connectivity index (χ0) is 77.6. The lowest BCUT2D eigenvalue weighted by atomic mass is 9.97. The molecule has 4 aromatic heterocycles. The molecule has 3 saturated heterocycles. The number of amides is 8. The van der Waals surface area contributed by atoms with Crippen molar-refractivity contribution in [2.45, 2.75) is 200 Å². The van der Waals surface area contributed by atoms with Crippen LogP contribution in [-0.2, 0) is 57.1 Å². The quantitative estimate of drug-likeness (QED) is 0.0148. The maximum atomic E-state index is 15.3. The fourth-order valence-electron chi connectivity index (χ4n) is 10.7. The van der Waals surface area contributed by atoms with Crippen molar-refractivity contribution in [2.75, 3.05) is 38.6 Å². The molecule has 0 bridgehead atoms. The number of nitrogens with zero attached hydrogens (tertiary/aromatic N) is 5. The molecule has 3 aliphatic heterocycles. The van der Waals surface area contributed by atoms with Gasteiger partial charge in [0.15, 0.2) is 37.3 Å². The number of nitrogens with two attached hydrogens (primary N) is 7. The average molecular weight is 1530 g/mol. The average Bonchev–Trinajstić information content (AvgIpc) is 1.61. The molecule has 3 aliphatic rings. The first-order chi connectivity index (χ1) is 49.6. The third kappa shape index (κ3) is 21.5. The van der Waals surface area contributed by atoms with E-state index in [0.29, 0.717) is 13.0 Å². The Hall–Kier alpha value is -7.93. The lowest BCUT2D eigenvalue weighted by Gasteiger charge is -2.47. The number of primary amides is 3. The molecule has 8 amide bonds. The van der Waals surface area contributed by atoms with Crippen molar-refractivity contribution in [2.24, 2.45) is 34.4 Å². The summed E-state index contributed by atoms with van der Waals surface area (Å²) in [5, 5.41) is 140. The number of aromatic amines is 1. The van der Waals surface area contributed by atoms with Gasteiger partial charge in [0, 0.05) is 35.8 Å². The van der Waals surface area contributed by atoms with Crippen molar-refractivity contribution >= 4 is 75.9 Å². The van der Waals surface area contributed by atoms with Gasteiger partial charge in [0.1, 0.15) is 112 Å². The highest BCUT2D eigenvalue weighted by Gasteiger charge is 2.54. The molecule has 45 nitrogen and oxygen atoms in total. The first kappa shape index (κ1) is 84.3. The highest BCUT2D eigenvalue weighted by atomic mass is 32.1. The van der Waals surface area contributed by atoms with Crippen molar-refractivity contribution in [3.8, 4) is 10.7 Å². The van der Waals surface area contributed by atoms with Gasteiger partial charge in [0.05, 0.1) is 80.3 Å². The van der Waals surface area contributed by atoms with Crippen LogP contribution in [-0.4, -0.2) is 301 Å². The summed E-state index contributed by atoms with van der Waals surface area (Å²) in [6, 6.07) is -9.66. The largest absolute Gasteiger partial charge is 0.441 e. The summed E-state index contributed by atoms with van der Waals surface area (Å²) in [6.07, 6.45) is -37.2. The molecular formula is C58H89N19O26S2. The third-order valence-electron chi connectivity index (χ3n) is 16.8. The monoisotopic (exact) mass is 1530 g/mol. The van der Waals surface area contributed by atoms with E-state index in [2.05, 4.69) is 61.8 Å². The third-order valence-corrected chi connectivity index (χ3v) is 18.6. The van der Waals surface area contributed by atoms with E-state index in [9.17, 15) is 89.7 Å². The van der Waals surface area contributed by atoms with E-state index < -0.39 is 250 Å². The summed E-state index contributed by atoms with van der Waals surface area (Å²) in [7, 11) is 0. The number of imidazole rings is 1. The number of aromatic nitrogens is 6. The van der Waals surface area contributed by atoms with Crippen LogP contribution in [0.4, 0.5) is 10.6 Å². The van der Waals surface area contributed by atoms with Crippen LogP contribution >= 0.6 is 22.7 Å². The molecule has 47 heteroatoms. The van der Waals surface area contributed by atoms with Crippen molar-refractivity contribution < 1.29 is 128 Å². The van der Waals surface area contributed by atoms with E-state index in [1.54, 1.807) is 0 Å². The van der Waals surface area contributed by atoms with Gasteiger partial charge in [-0.1, -0.05) is 0 Å². The van der Waals surface area contributed by atoms with Crippen LogP contribution in [0.2, 0.25) is 0 Å². The van der Waals surface area contributed by atoms with E-state index in [1.807, 2.05) is 0 Å². The van der Waals surface area contributed by atoms with Crippen LogP contribution in [0.3, 0.4) is 0 Å². The molecule has 0 saturated carbocycles. The molecule has 4 aromatic rings. The molecule has 0 radical (unpaired) electrons. The Morgan fingerprint density at radius 3 is 2.05 bits per heavy atom. The first-order valence-electron chi connectivity index (χ1n) is 32.4. The summed E-state index contributed by atoms with van der Waals surface area (Å²) in [5.41, 5.74) is 38.9. The number of carbonyl (C=O) groups excluding carboxylic acids is 8. The molecule has 2 unspecified atom stereocenters. The molecular weight excluding hydrogens is 1440 g/mol. The minimum absolute atomic E-state index is 0.0554. The normalized spacial score (nSPS) is 27.7. The zero-order valence-corrected chi connectivity index (χ0v) is 58.2. The first-order valence-corrected chi connectivity index (χ1v) is 34.1. The van der Waals surface area contributed by atoms with Crippen LogP contribution in [0.15, 0.2) is 23.3 Å². The number of ether oxygens (including phenoxy) is 7. The maximum Gasteiger partial charge on any atom is 0.404 e. The van der Waals surface area contributed by atoms with Gasteiger partial charge in [0.2, 0.25) is 29.5 Å². The number of anilines is 1. The van der Waals surface area contributed by atoms with E-state index in [0.717, 1.165) is 49.0 Å². The number of nitrogens with one attached hydrogen (secondary N) is 7. The minimum Gasteiger partial charge on any atom is -0.441 e. The van der Waals surface area contributed by atoms with Gasteiger partial charge < -0.3 is 166 Å². The molecule has 25 atom stereocenters. The van der Waals surface area contributed by atoms with Crippen LogP contribution in [0.25, 0.3) is 10.7 Å². The standard InChI is InChI=1S/C58H89N19O26S2/c1-17-32(74-47(76-45(17)63)22(8-29(61)82)68-10-21(60)46(64)91)49(93)75-34(42(23-11-66-16-69-23)100-57-44(38(87)35(84)27(12-78)99-57)101-56-40(89)43(102-58(65)96)36(85)28(13-79)98-56)51(95)70-18(2)26(81)9-30(83)73-33(19(3)80)50(94)77-52(103-55-39(88)37(86)31(62)20(4)97-55)41(90)54-72-25(15-105-54)53-71-24(14-104-53)48(92)67-7-5-6-59/h11,14-16,18-22,26-28,31,33-44,52,55-57,68,78-81,84-90H,5-10,12-13,59-60,62H2,1-4H3,(H2,61,82)(H2,64,91)(H2,65,96)(H,66,69)(H,67,92)(H,70,95)(H,73,83)(H,75,93)(H,77,94)(H2,63,74,76)/t18-,19-,20+,21+,22+,26+,27+,28-,31-,33+,34+,35-,36-,37-,38+,39-,40+,41?,42+,43+,44+,52?,55+,56-,57+/m1/s1. The Morgan fingerprint density at radius 1 is 0.743 bits per heavy atom. The highest BCUT2D eigenvalue weighted by Crippen LogP contribution is 2.36. The predicted octanol–water partition coefficient (Wildman–Crippen LogP) is -11.2. The molecule has 584 valence electrons. The number of nitrogen functional groups attached to an aromatic ring is 1. The lowest BCUT2D eigenvalue weighted by Crippen LogP contribution is -2.65. The predicted molar refractivity (Wildman–Crippen MR) is 355 cm³/mol. The molecule has 7 rings (SSSR count). The summed E-state index contributed by atoms with van der Waals surface area (Å²) in [4.78, 5) is 131. The number of H-pyrrole nitrogens is 1. The number of rotatable bonds is 36. The van der Waals surface area contributed by atoms with Gasteiger partial charge in [-0.2, -0.15) is 0 Å². The van der Waals surface area contributed by atoms with E-state index >= 15 is 4.79 Å². The number of hydrogen-bond donors (Lipinski definition) is 25. The molecule has 32 N–H and O–H groups in total. The Kier molecular flexibility index (Phi) is 30.6. The number of carbonyl (C=O) groups is 8. The maximum absolute atomic E-state index is 15.3. The van der Waals surface area contributed by atoms with Gasteiger partial charge in [-0.05, 0) is 40.7 Å². The lowest BCUT2D eigenvalue weighted by molar-refractivity contribution is -0.372. The Balaban J connectivity index is 1.18. The topological polar surface area (TPSA) is 758 Å². The number of aliphatic hydroxyl groups excluding tert-OH is 11. The Bertz CT molecular complexity index is 3590. The minimum atomic E-state index is -2.26. The van der Waals surface area contributed by atoms with Gasteiger partial charge in [-0.3, -0.25) is 33.6 Å². The van der Waals surface area contributed by atoms with Gasteiger partial charge >= 0.3 is 6.09 Å². The second-order valence-electron chi connectivity index (χ2n) is 24.7. The molecule has 7 heterocycles. The zero-order valence-electron chi connectivity index (χ0n) is 56.5. The molecule has 105 heavy (non-hydrogen) atoms. The van der Waals surface area contributed by atoms with Crippen molar-refractivity contribution in [3.63, 3.8) is 0 Å². The van der Waals surface area contributed by atoms with Crippen molar-refractivity contribution in [1.29, 1.82) is 0 Å². The van der Waals surface area contributed by atoms with E-state index in [4.69, 9.17) is 73.3 Å². The van der Waals surface area contributed by atoms with E-state index in [-0.39, 0.29) is 39.2 Å². The fourth-order valence-corrected chi connectivity index (χ4v) is 12.4. The van der Waals surface area contributed by atoms with Crippen LogP contribution in [0, 0.1) is 6.92 Å². The summed E-state index contributed by atoms with van der Waals surface area (Å²) < 4.78 is 40.3. The SMILES string of the molecule is Cc1c(N)nc([C@H](CC(N)=O)NC[C@H](N)C(N)=O)nc1C(=O)N[C@H](C(=O)N[C@H](C)[C@@H](O)CC(=O)N[C@H](C(=O)NC(O[C@@H]1O[C@@H](C)[C@@H](N)[C@@H](O)[C@H]1O)C(O)c1nc(-c2nc(C(=O)NCCCN)cs2)cs1)[C@@H](C)O)[C@@H](O[C@@H]1O[C@@H](CO)[C@@H](O)[C@H](O)[C@@H]1O[C@H]1O[C@H](CO)[C@@H](O)[C@H](OC(N)=O)[C@@H]1O)c1cnc[nH]1. The Labute approximate surface area is 603 Å². The highest BCUT2D eigenvalue weighted by molar-refractivity contribution is 7.14. The number of aliphatic hydroxyl groups is 11. The fraction of sp³-hybridized carbons (Fsp3) is 0.638. The van der Waals surface area contributed by atoms with E-state index in [1.165, 1.54) is 24.6 Å². The smallest absolute Gasteiger partial charge is 0.404 e. The molecule has 0 aromatic carbocycles.